The van der Waals surface area contributed by atoms with Gasteiger partial charge in [-0.1, -0.05) is 30.6 Å². The van der Waals surface area contributed by atoms with Gasteiger partial charge in [-0.25, -0.2) is 16.8 Å². The molecule has 2 aliphatic heterocycles. The molecule has 2 aliphatic carbocycles. The molecule has 4 aliphatic rings. The Morgan fingerprint density at radius 1 is 1.31 bits per heavy atom. The van der Waals surface area contributed by atoms with Gasteiger partial charge in [0.15, 0.2) is 5.84 Å². The highest BCUT2D eigenvalue weighted by molar-refractivity contribution is 7.91. The highest BCUT2D eigenvalue weighted by Gasteiger charge is 2.44. The largest absolute Gasteiger partial charge is 0.511 e. The predicted molar refractivity (Wildman–Crippen MR) is 133 cm³/mol. The molecule has 0 spiro atoms. The van der Waals surface area contributed by atoms with Gasteiger partial charge in [0.25, 0.3) is 15.9 Å². The van der Waals surface area contributed by atoms with Crippen molar-refractivity contribution in [1.82, 2.24) is 14.9 Å². The Labute approximate surface area is 206 Å². The number of allylic oxidation sites excluding steroid dienone is 3. The lowest BCUT2D eigenvalue weighted by Crippen LogP contribution is -2.55. The fourth-order valence-corrected chi connectivity index (χ4v) is 6.94. The minimum atomic E-state index is -4.16. The molecule has 3 N–H and O–H groups in total. The highest BCUT2D eigenvalue weighted by atomic mass is 32.2. The number of rotatable bonds is 6. The molecule has 1 saturated carbocycles. The third kappa shape index (κ3) is 5.48. The summed E-state index contributed by atoms with van der Waals surface area (Å²) in [5.74, 6) is -1.11. The van der Waals surface area contributed by atoms with E-state index < -0.39 is 37.2 Å². The maximum Gasteiger partial charge on any atom is 0.264 e. The first kappa shape index (κ1) is 25.5. The van der Waals surface area contributed by atoms with E-state index in [-0.39, 0.29) is 34.8 Å². The number of amidine groups is 1. The molecule has 0 aromatic heterocycles. The lowest BCUT2D eigenvalue weighted by molar-refractivity contribution is -0.131. The van der Waals surface area contributed by atoms with Gasteiger partial charge in [0.2, 0.25) is 10.0 Å². The number of hydrogen-bond acceptors (Lipinski definition) is 7. The van der Waals surface area contributed by atoms with Gasteiger partial charge in [0, 0.05) is 24.2 Å². The van der Waals surface area contributed by atoms with Crippen LogP contribution in [0.5, 0.6) is 0 Å². The van der Waals surface area contributed by atoms with Gasteiger partial charge in [0.1, 0.15) is 16.6 Å². The van der Waals surface area contributed by atoms with Crippen LogP contribution in [0, 0.1) is 5.92 Å². The molecule has 3 unspecified atom stereocenters. The zero-order valence-electron chi connectivity index (χ0n) is 20.1. The Balaban J connectivity index is 1.72. The maximum atomic E-state index is 13.6. The number of carbonyl (C=O) groups is 1. The first-order chi connectivity index (χ1) is 16.4. The molecule has 4 rings (SSSR count). The Hall–Kier alpha value is -2.60. The number of aliphatic hydroxyl groups is 1. The average molecular weight is 525 g/mol. The molecule has 2 heterocycles. The number of fused-ring (bicyclic) bond motifs is 1. The van der Waals surface area contributed by atoms with E-state index in [1.165, 1.54) is 18.2 Å². The SMILES string of the molecule is CC(C)=CCC1CN(C2CCCC2)C(=O)C(C2=NS(=O)(=O)C3C=C(NS(C)(=O)=O)C=CC3N2)=C1O. The summed E-state index contributed by atoms with van der Waals surface area (Å²) < 4.78 is 55.5. The summed E-state index contributed by atoms with van der Waals surface area (Å²) in [5, 5.41) is 13.0. The number of nitrogens with zero attached hydrogens (tertiary/aromatic N) is 2. The van der Waals surface area contributed by atoms with Crippen LogP contribution in [0.1, 0.15) is 46.0 Å². The smallest absolute Gasteiger partial charge is 0.264 e. The molecule has 1 fully saturated rings. The van der Waals surface area contributed by atoms with Crippen LogP contribution in [0.25, 0.3) is 0 Å². The highest BCUT2D eigenvalue weighted by Crippen LogP contribution is 2.34. The minimum Gasteiger partial charge on any atom is -0.511 e. The lowest BCUT2D eigenvalue weighted by Gasteiger charge is -2.39. The second-order valence-electron chi connectivity index (χ2n) is 9.82. The summed E-state index contributed by atoms with van der Waals surface area (Å²) in [7, 11) is -7.75. The van der Waals surface area contributed by atoms with E-state index in [1.54, 1.807) is 4.90 Å². The van der Waals surface area contributed by atoms with E-state index in [1.807, 2.05) is 19.9 Å². The lowest BCUT2D eigenvalue weighted by atomic mass is 9.90. The van der Waals surface area contributed by atoms with E-state index >= 15 is 0 Å². The van der Waals surface area contributed by atoms with E-state index in [0.29, 0.717) is 13.0 Å². The predicted octanol–water partition coefficient (Wildman–Crippen LogP) is 1.63. The Kier molecular flexibility index (Phi) is 6.89. The van der Waals surface area contributed by atoms with Crippen molar-refractivity contribution < 1.29 is 26.7 Å². The number of amides is 1. The third-order valence-corrected chi connectivity index (χ3v) is 8.86. The van der Waals surface area contributed by atoms with Gasteiger partial charge in [-0.2, -0.15) is 0 Å². The first-order valence-electron chi connectivity index (χ1n) is 11.7. The molecular formula is C23H32N4O6S2. The zero-order chi connectivity index (χ0) is 25.5. The third-order valence-electron chi connectivity index (χ3n) is 6.70. The summed E-state index contributed by atoms with van der Waals surface area (Å²) in [6.45, 7) is 4.29. The van der Waals surface area contributed by atoms with Crippen molar-refractivity contribution in [3.8, 4) is 0 Å². The quantitative estimate of drug-likeness (QED) is 0.448. The fraction of sp³-hybridized carbons (Fsp3) is 0.565. The molecule has 35 heavy (non-hydrogen) atoms. The van der Waals surface area contributed by atoms with Crippen molar-refractivity contribution in [2.75, 3.05) is 12.8 Å². The molecule has 0 aromatic rings. The van der Waals surface area contributed by atoms with E-state index in [2.05, 4.69) is 14.4 Å². The van der Waals surface area contributed by atoms with Crippen LogP contribution < -0.4 is 10.0 Å². The van der Waals surface area contributed by atoms with Crippen LogP contribution in [-0.2, 0) is 24.8 Å². The van der Waals surface area contributed by atoms with Gasteiger partial charge in [-0.05, 0) is 45.3 Å². The molecule has 0 saturated heterocycles. The number of nitrogens with one attached hydrogen (secondary N) is 2. The van der Waals surface area contributed by atoms with E-state index in [9.17, 15) is 26.7 Å². The van der Waals surface area contributed by atoms with Gasteiger partial charge in [-0.15, -0.1) is 4.40 Å². The van der Waals surface area contributed by atoms with E-state index in [4.69, 9.17) is 0 Å². The van der Waals surface area contributed by atoms with Crippen LogP contribution in [0.3, 0.4) is 0 Å². The second-order valence-corrected chi connectivity index (χ2v) is 13.3. The van der Waals surface area contributed by atoms with Crippen LogP contribution in [0.15, 0.2) is 51.3 Å². The Morgan fingerprint density at radius 2 is 2.00 bits per heavy atom. The minimum absolute atomic E-state index is 0.0514. The van der Waals surface area contributed by atoms with Crippen LogP contribution in [0.4, 0.5) is 0 Å². The molecule has 192 valence electrons. The first-order valence-corrected chi connectivity index (χ1v) is 15.1. The van der Waals surface area contributed by atoms with Crippen molar-refractivity contribution in [1.29, 1.82) is 0 Å². The summed E-state index contributed by atoms with van der Waals surface area (Å²) in [4.78, 5) is 15.3. The van der Waals surface area contributed by atoms with E-state index in [0.717, 1.165) is 37.5 Å². The van der Waals surface area contributed by atoms with Gasteiger partial charge < -0.3 is 15.3 Å². The van der Waals surface area contributed by atoms with Crippen LogP contribution in [0.2, 0.25) is 0 Å². The van der Waals surface area contributed by atoms with Gasteiger partial charge in [0.05, 0.1) is 12.3 Å². The number of sulfonamides is 2. The number of carbonyl (C=O) groups excluding carboxylic acids is 1. The Morgan fingerprint density at radius 3 is 2.63 bits per heavy atom. The molecular weight excluding hydrogens is 492 g/mol. The normalized spacial score (nSPS) is 28.7. The molecule has 0 bridgehead atoms. The topological polar surface area (TPSA) is 145 Å². The van der Waals surface area contributed by atoms with Crippen molar-refractivity contribution >= 4 is 31.8 Å². The van der Waals surface area contributed by atoms with Crippen LogP contribution >= 0.6 is 0 Å². The number of hydrogen-bond donors (Lipinski definition) is 3. The van der Waals surface area contributed by atoms with Crippen molar-refractivity contribution in [2.24, 2.45) is 10.3 Å². The summed E-state index contributed by atoms with van der Waals surface area (Å²) >= 11 is 0. The van der Waals surface area contributed by atoms with Crippen molar-refractivity contribution in [3.63, 3.8) is 0 Å². The summed E-state index contributed by atoms with van der Waals surface area (Å²) in [5.41, 5.74) is 1.11. The second kappa shape index (κ2) is 9.45. The summed E-state index contributed by atoms with van der Waals surface area (Å²) in [6.07, 6.45) is 11.6. The molecule has 1 amide bonds. The van der Waals surface area contributed by atoms with Crippen molar-refractivity contribution in [2.45, 2.75) is 63.3 Å². The van der Waals surface area contributed by atoms with Crippen molar-refractivity contribution in [3.05, 3.63) is 46.9 Å². The zero-order valence-corrected chi connectivity index (χ0v) is 21.7. The monoisotopic (exact) mass is 524 g/mol. The fourth-order valence-electron chi connectivity index (χ4n) is 5.01. The molecule has 10 nitrogen and oxygen atoms in total. The maximum absolute atomic E-state index is 13.6. The number of aliphatic hydroxyl groups excluding tert-OH is 1. The molecule has 3 atom stereocenters. The molecule has 0 aromatic carbocycles. The standard InChI is InChI=1S/C23H32N4O6S2/c1-14(2)8-9-15-13-27(17-6-4-5-7-17)23(29)20(21(15)28)22-24-18-11-10-16(25-34(3,30)31)12-19(18)35(32,33)26-22/h8,10-12,15,17-19,25,28H,4-7,9,13H2,1-3H3,(H,24,26). The molecule has 12 heteroatoms. The Bertz CT molecular complexity index is 1270. The van der Waals surface area contributed by atoms with Gasteiger partial charge in [-0.3, -0.25) is 9.52 Å². The van der Waals surface area contributed by atoms with Crippen LogP contribution in [-0.4, -0.2) is 68.7 Å². The van der Waals surface area contributed by atoms with Gasteiger partial charge >= 0.3 is 0 Å². The molecule has 0 radical (unpaired) electrons. The summed E-state index contributed by atoms with van der Waals surface area (Å²) in [6, 6.07) is -0.723. The average Bonchev–Trinajstić information content (AvgIpc) is 3.27.